The molecular formula is C21H19FN4O3S2. The maximum absolute atomic E-state index is 13.6. The molecule has 0 saturated carbocycles. The van der Waals surface area contributed by atoms with E-state index in [4.69, 9.17) is 0 Å². The number of hydrogen-bond donors (Lipinski definition) is 0. The topological polar surface area (TPSA) is 85.2 Å². The second-order valence-corrected chi connectivity index (χ2v) is 10.0. The van der Waals surface area contributed by atoms with E-state index in [-0.39, 0.29) is 22.2 Å². The van der Waals surface area contributed by atoms with Crippen LogP contribution in [-0.4, -0.2) is 41.7 Å². The summed E-state index contributed by atoms with van der Waals surface area (Å²) in [6, 6.07) is 10.2. The lowest BCUT2D eigenvalue weighted by Crippen LogP contribution is -2.32. The Balaban J connectivity index is 1.67. The van der Waals surface area contributed by atoms with Gasteiger partial charge in [-0.2, -0.15) is 0 Å². The molecule has 31 heavy (non-hydrogen) atoms. The Labute approximate surface area is 182 Å². The maximum atomic E-state index is 13.6. The number of rotatable bonds is 7. The van der Waals surface area contributed by atoms with Crippen molar-refractivity contribution in [2.45, 2.75) is 17.9 Å². The minimum absolute atomic E-state index is 0.0723. The van der Waals surface area contributed by atoms with Gasteiger partial charge in [-0.1, -0.05) is 17.4 Å². The van der Waals surface area contributed by atoms with Crippen molar-refractivity contribution in [2.75, 3.05) is 17.7 Å². The molecular weight excluding hydrogens is 439 g/mol. The number of halogens is 1. The average Bonchev–Trinajstić information content (AvgIpc) is 3.39. The zero-order valence-corrected chi connectivity index (χ0v) is 18.2. The fourth-order valence-electron chi connectivity index (χ4n) is 3.13. The first-order valence-electron chi connectivity index (χ1n) is 9.45. The van der Waals surface area contributed by atoms with Crippen molar-refractivity contribution in [2.24, 2.45) is 0 Å². The van der Waals surface area contributed by atoms with Crippen LogP contribution in [0.5, 0.6) is 0 Å². The minimum Gasteiger partial charge on any atom is -0.337 e. The molecule has 7 nitrogen and oxygen atoms in total. The van der Waals surface area contributed by atoms with Gasteiger partial charge in [0.15, 0.2) is 15.0 Å². The normalized spacial score (nSPS) is 11.7. The van der Waals surface area contributed by atoms with Crippen molar-refractivity contribution in [3.63, 3.8) is 0 Å². The Morgan fingerprint density at radius 2 is 2.06 bits per heavy atom. The molecule has 0 spiro atoms. The molecule has 0 aliphatic rings. The molecule has 0 unspecified atom stereocenters. The number of benzene rings is 2. The number of fused-ring (bicyclic) bond motifs is 1. The fraction of sp³-hybridized carbons (Fsp3) is 0.190. The fourth-order valence-corrected chi connectivity index (χ4v) is 4.81. The lowest BCUT2D eigenvalue weighted by Gasteiger charge is -2.20. The Morgan fingerprint density at radius 1 is 1.23 bits per heavy atom. The minimum atomic E-state index is -3.46. The molecule has 0 saturated heterocycles. The third-order valence-corrected chi connectivity index (χ3v) is 6.83. The number of anilines is 1. The molecule has 1 amide bonds. The molecule has 4 rings (SSSR count). The smallest absolute Gasteiger partial charge is 0.260 e. The highest BCUT2D eigenvalue weighted by atomic mass is 32.2. The standard InChI is InChI=1S/C21H19FN4O3S2/c1-31(28,29)17-5-2-4-15(12-17)20(27)26(10-3-9-25-11-8-23-14-25)21-24-18-7-6-16(22)13-19(18)30-21/h2,4-8,11-14H,3,9-10H2,1H3. The van der Waals surface area contributed by atoms with Gasteiger partial charge in [0, 0.05) is 37.3 Å². The van der Waals surface area contributed by atoms with Crippen LogP contribution in [0.2, 0.25) is 0 Å². The van der Waals surface area contributed by atoms with Crippen LogP contribution in [0, 0.1) is 5.82 Å². The molecule has 0 N–H and O–H groups in total. The SMILES string of the molecule is CS(=O)(=O)c1cccc(C(=O)N(CCCn2ccnc2)c2nc3ccc(F)cc3s2)c1. The number of aromatic nitrogens is 3. The quantitative estimate of drug-likeness (QED) is 0.421. The molecule has 4 aromatic rings. The lowest BCUT2D eigenvalue weighted by molar-refractivity contribution is 0.0986. The molecule has 0 bridgehead atoms. The summed E-state index contributed by atoms with van der Waals surface area (Å²) in [6.07, 6.45) is 6.94. The van der Waals surface area contributed by atoms with Crippen LogP contribution in [0.1, 0.15) is 16.8 Å². The predicted octanol–water partition coefficient (Wildman–Crippen LogP) is 3.77. The van der Waals surface area contributed by atoms with E-state index in [0.717, 1.165) is 6.26 Å². The monoisotopic (exact) mass is 458 g/mol. The van der Waals surface area contributed by atoms with E-state index in [0.29, 0.717) is 34.9 Å². The van der Waals surface area contributed by atoms with Crippen molar-refractivity contribution < 1.29 is 17.6 Å². The molecule has 2 heterocycles. The van der Waals surface area contributed by atoms with Crippen LogP contribution >= 0.6 is 11.3 Å². The molecule has 0 aliphatic heterocycles. The predicted molar refractivity (Wildman–Crippen MR) is 118 cm³/mol. The average molecular weight is 459 g/mol. The second-order valence-electron chi connectivity index (χ2n) is 7.02. The van der Waals surface area contributed by atoms with E-state index >= 15 is 0 Å². The van der Waals surface area contributed by atoms with Gasteiger partial charge < -0.3 is 4.57 Å². The lowest BCUT2D eigenvalue weighted by atomic mass is 10.2. The number of carbonyl (C=O) groups is 1. The number of hydrogen-bond acceptors (Lipinski definition) is 6. The van der Waals surface area contributed by atoms with Crippen LogP contribution < -0.4 is 4.90 Å². The van der Waals surface area contributed by atoms with Crippen molar-refractivity contribution in [3.05, 3.63) is 72.6 Å². The van der Waals surface area contributed by atoms with Gasteiger partial charge in [-0.05, 0) is 42.8 Å². The van der Waals surface area contributed by atoms with Gasteiger partial charge >= 0.3 is 0 Å². The van der Waals surface area contributed by atoms with Crippen LogP contribution in [-0.2, 0) is 16.4 Å². The van der Waals surface area contributed by atoms with Crippen LogP contribution in [0.25, 0.3) is 10.2 Å². The molecule has 0 aliphatic carbocycles. The number of sulfone groups is 1. The van der Waals surface area contributed by atoms with E-state index < -0.39 is 9.84 Å². The Bertz CT molecular complexity index is 1330. The summed E-state index contributed by atoms with van der Waals surface area (Å²) < 4.78 is 40.0. The van der Waals surface area contributed by atoms with Crippen LogP contribution in [0.3, 0.4) is 0 Å². The first kappa shape index (κ1) is 21.1. The second kappa shape index (κ2) is 8.56. The number of carbonyl (C=O) groups excluding carboxylic acids is 1. The van der Waals surface area contributed by atoms with Crippen molar-refractivity contribution >= 4 is 42.4 Å². The van der Waals surface area contributed by atoms with Crippen molar-refractivity contribution in [1.82, 2.24) is 14.5 Å². The van der Waals surface area contributed by atoms with Gasteiger partial charge in [0.2, 0.25) is 0 Å². The molecule has 0 radical (unpaired) electrons. The van der Waals surface area contributed by atoms with Crippen molar-refractivity contribution in [1.29, 1.82) is 0 Å². The van der Waals surface area contributed by atoms with E-state index in [1.165, 1.54) is 40.5 Å². The number of aryl methyl sites for hydroxylation is 1. The van der Waals surface area contributed by atoms with Gasteiger partial charge in [0.05, 0.1) is 21.4 Å². The number of nitrogens with zero attached hydrogens (tertiary/aromatic N) is 4. The van der Waals surface area contributed by atoms with Crippen molar-refractivity contribution in [3.8, 4) is 0 Å². The summed E-state index contributed by atoms with van der Waals surface area (Å²) in [4.78, 5) is 23.5. The number of amides is 1. The summed E-state index contributed by atoms with van der Waals surface area (Å²) in [5.74, 6) is -0.739. The van der Waals surface area contributed by atoms with E-state index in [9.17, 15) is 17.6 Å². The van der Waals surface area contributed by atoms with Gasteiger partial charge in [-0.3, -0.25) is 9.69 Å². The zero-order chi connectivity index (χ0) is 22.0. The maximum Gasteiger partial charge on any atom is 0.260 e. The van der Waals surface area contributed by atoms with Gasteiger partial charge in [-0.25, -0.2) is 22.8 Å². The molecule has 0 fully saturated rings. The summed E-state index contributed by atoms with van der Waals surface area (Å²) in [6.45, 7) is 0.995. The third-order valence-electron chi connectivity index (χ3n) is 4.68. The molecule has 160 valence electrons. The van der Waals surface area contributed by atoms with E-state index in [2.05, 4.69) is 9.97 Å². The molecule has 10 heteroatoms. The largest absolute Gasteiger partial charge is 0.337 e. The summed E-state index contributed by atoms with van der Waals surface area (Å²) in [5, 5.41) is 0.431. The Morgan fingerprint density at radius 3 is 2.81 bits per heavy atom. The summed E-state index contributed by atoms with van der Waals surface area (Å²) in [5.41, 5.74) is 0.842. The summed E-state index contributed by atoms with van der Waals surface area (Å²) >= 11 is 1.22. The summed E-state index contributed by atoms with van der Waals surface area (Å²) in [7, 11) is -3.46. The van der Waals surface area contributed by atoms with Crippen LogP contribution in [0.15, 0.2) is 66.1 Å². The van der Waals surface area contributed by atoms with Gasteiger partial charge in [0.25, 0.3) is 5.91 Å². The zero-order valence-electron chi connectivity index (χ0n) is 16.6. The Kier molecular flexibility index (Phi) is 5.84. The molecule has 2 aromatic heterocycles. The highest BCUT2D eigenvalue weighted by Crippen LogP contribution is 2.30. The molecule has 2 aromatic carbocycles. The van der Waals surface area contributed by atoms with E-state index in [1.807, 2.05) is 10.8 Å². The molecule has 0 atom stereocenters. The van der Waals surface area contributed by atoms with Gasteiger partial charge in [0.1, 0.15) is 5.82 Å². The first-order chi connectivity index (χ1) is 14.8. The van der Waals surface area contributed by atoms with Gasteiger partial charge in [-0.15, -0.1) is 0 Å². The van der Waals surface area contributed by atoms with E-state index in [1.54, 1.807) is 30.7 Å². The third kappa shape index (κ3) is 4.80. The highest BCUT2D eigenvalue weighted by Gasteiger charge is 2.22. The number of thiazole rings is 1. The Hall–Kier alpha value is -3.11. The van der Waals surface area contributed by atoms with Crippen LogP contribution in [0.4, 0.5) is 9.52 Å². The number of imidazole rings is 1. The highest BCUT2D eigenvalue weighted by molar-refractivity contribution is 7.90. The first-order valence-corrected chi connectivity index (χ1v) is 12.2.